The van der Waals surface area contributed by atoms with Crippen molar-refractivity contribution in [3.63, 3.8) is 0 Å². The van der Waals surface area contributed by atoms with Gasteiger partial charge < -0.3 is 14.6 Å². The van der Waals surface area contributed by atoms with Gasteiger partial charge in [0.1, 0.15) is 6.61 Å². The molecule has 2 aliphatic rings. The number of hydrogen-bond donors (Lipinski definition) is 1. The first-order valence-corrected chi connectivity index (χ1v) is 6.80. The van der Waals surface area contributed by atoms with Crippen LogP contribution in [0.3, 0.4) is 0 Å². The Morgan fingerprint density at radius 1 is 1.39 bits per heavy atom. The molecule has 0 bridgehead atoms. The molecule has 1 N–H and O–H groups in total. The fraction of sp³-hybridized carbons (Fsp3) is 0.846. The summed E-state index contributed by atoms with van der Waals surface area (Å²) < 4.78 is 11.0. The monoisotopic (exact) mass is 251 g/mol. The van der Waals surface area contributed by atoms with Crippen molar-refractivity contribution in [1.82, 2.24) is 15.5 Å². The molecule has 2 fully saturated rings. The van der Waals surface area contributed by atoms with Crippen LogP contribution in [0.25, 0.3) is 0 Å². The highest BCUT2D eigenvalue weighted by Crippen LogP contribution is 2.57. The van der Waals surface area contributed by atoms with Crippen LogP contribution in [0.1, 0.15) is 50.7 Å². The minimum Gasteiger partial charge on any atom is -0.368 e. The van der Waals surface area contributed by atoms with Crippen LogP contribution in [0.2, 0.25) is 0 Å². The number of piperidine rings is 1. The maximum Gasteiger partial charge on any atom is 0.252 e. The lowest BCUT2D eigenvalue weighted by Gasteiger charge is -2.21. The Balaban J connectivity index is 1.51. The highest BCUT2D eigenvalue weighted by Gasteiger charge is 2.49. The van der Waals surface area contributed by atoms with Gasteiger partial charge in [-0.05, 0) is 37.8 Å². The van der Waals surface area contributed by atoms with Gasteiger partial charge in [0.2, 0.25) is 0 Å². The Kier molecular flexibility index (Phi) is 3.11. The fourth-order valence-electron chi connectivity index (χ4n) is 2.53. The summed E-state index contributed by atoms with van der Waals surface area (Å²) in [6.07, 6.45) is 3.62. The zero-order chi connectivity index (χ0) is 12.6. The maximum absolute atomic E-state index is 5.80. The summed E-state index contributed by atoms with van der Waals surface area (Å²) in [6.45, 7) is 7.00. The van der Waals surface area contributed by atoms with E-state index in [1.165, 1.54) is 0 Å². The summed E-state index contributed by atoms with van der Waals surface area (Å²) in [5, 5.41) is 7.38. The third-order valence-corrected chi connectivity index (χ3v) is 4.04. The second kappa shape index (κ2) is 4.63. The summed E-state index contributed by atoms with van der Waals surface area (Å²) in [5.74, 6) is 1.93. The minimum absolute atomic E-state index is 0.332. The highest BCUT2D eigenvalue weighted by molar-refractivity contribution is 5.14. The number of nitrogens with one attached hydrogen (secondary N) is 1. The SMILES string of the molecule is CC1(C)CC1c1noc(COC2CCNCC2)n1. The first-order valence-electron chi connectivity index (χ1n) is 6.80. The van der Waals surface area contributed by atoms with E-state index in [0.717, 1.165) is 38.2 Å². The lowest BCUT2D eigenvalue weighted by Crippen LogP contribution is -2.32. The van der Waals surface area contributed by atoms with Crippen molar-refractivity contribution in [2.24, 2.45) is 5.41 Å². The number of aromatic nitrogens is 2. The Morgan fingerprint density at radius 3 is 2.78 bits per heavy atom. The molecule has 0 spiro atoms. The second-order valence-corrected chi connectivity index (χ2v) is 6.05. The van der Waals surface area contributed by atoms with Gasteiger partial charge >= 0.3 is 0 Å². The molecule has 1 aliphatic heterocycles. The molecule has 5 heteroatoms. The molecule has 1 atom stereocenters. The average Bonchev–Trinajstić information content (AvgIpc) is 2.81. The van der Waals surface area contributed by atoms with Gasteiger partial charge in [0.25, 0.3) is 5.89 Å². The lowest BCUT2D eigenvalue weighted by molar-refractivity contribution is 0.00859. The molecular weight excluding hydrogens is 230 g/mol. The number of nitrogens with zero attached hydrogens (tertiary/aromatic N) is 2. The van der Waals surface area contributed by atoms with Crippen LogP contribution < -0.4 is 5.32 Å². The molecular formula is C13H21N3O2. The van der Waals surface area contributed by atoms with Gasteiger partial charge in [-0.1, -0.05) is 19.0 Å². The third kappa shape index (κ3) is 2.57. The largest absolute Gasteiger partial charge is 0.368 e. The van der Waals surface area contributed by atoms with Crippen LogP contribution in [0, 0.1) is 5.41 Å². The van der Waals surface area contributed by atoms with Gasteiger partial charge in [0.05, 0.1) is 6.10 Å². The summed E-state index contributed by atoms with van der Waals surface area (Å²) in [4.78, 5) is 4.43. The van der Waals surface area contributed by atoms with Crippen molar-refractivity contribution >= 4 is 0 Å². The first kappa shape index (κ1) is 12.1. The molecule has 2 heterocycles. The van der Waals surface area contributed by atoms with Gasteiger partial charge in [-0.15, -0.1) is 0 Å². The average molecular weight is 251 g/mol. The van der Waals surface area contributed by atoms with E-state index in [9.17, 15) is 0 Å². The number of ether oxygens (including phenoxy) is 1. The van der Waals surface area contributed by atoms with Crippen molar-refractivity contribution in [2.45, 2.75) is 51.7 Å². The van der Waals surface area contributed by atoms with Crippen LogP contribution in [0.4, 0.5) is 0 Å². The summed E-state index contributed by atoms with van der Waals surface area (Å²) in [7, 11) is 0. The van der Waals surface area contributed by atoms with Gasteiger partial charge in [0, 0.05) is 5.92 Å². The molecule has 1 aromatic heterocycles. The molecule has 1 aromatic rings. The zero-order valence-electron chi connectivity index (χ0n) is 11.1. The van der Waals surface area contributed by atoms with Crippen molar-refractivity contribution in [1.29, 1.82) is 0 Å². The van der Waals surface area contributed by atoms with E-state index >= 15 is 0 Å². The molecule has 1 aliphatic carbocycles. The molecule has 1 unspecified atom stereocenters. The van der Waals surface area contributed by atoms with Crippen molar-refractivity contribution < 1.29 is 9.26 Å². The Morgan fingerprint density at radius 2 is 2.11 bits per heavy atom. The van der Waals surface area contributed by atoms with E-state index in [1.54, 1.807) is 0 Å². The highest BCUT2D eigenvalue weighted by atomic mass is 16.5. The Hall–Kier alpha value is -0.940. The standard InChI is InChI=1S/C13H21N3O2/c1-13(2)7-10(13)12-15-11(18-16-12)8-17-9-3-5-14-6-4-9/h9-10,14H,3-8H2,1-2H3. The second-order valence-electron chi connectivity index (χ2n) is 6.05. The molecule has 1 saturated heterocycles. The molecule has 1 saturated carbocycles. The summed E-state index contributed by atoms with van der Waals surface area (Å²) in [6, 6.07) is 0. The van der Waals surface area contributed by atoms with Crippen LogP contribution in [0.5, 0.6) is 0 Å². The predicted molar refractivity (Wildman–Crippen MR) is 66.1 cm³/mol. The Bertz CT molecular complexity index is 410. The quantitative estimate of drug-likeness (QED) is 0.885. The van der Waals surface area contributed by atoms with Crippen LogP contribution in [-0.2, 0) is 11.3 Å². The summed E-state index contributed by atoms with van der Waals surface area (Å²) in [5.41, 5.74) is 0.344. The topological polar surface area (TPSA) is 60.2 Å². The van der Waals surface area contributed by atoms with E-state index in [1.807, 2.05) is 0 Å². The van der Waals surface area contributed by atoms with Crippen LogP contribution in [0.15, 0.2) is 4.52 Å². The lowest BCUT2D eigenvalue weighted by atomic mass is 10.1. The number of rotatable bonds is 4. The maximum atomic E-state index is 5.80. The fourth-order valence-corrected chi connectivity index (χ4v) is 2.53. The summed E-state index contributed by atoms with van der Waals surface area (Å²) >= 11 is 0. The van der Waals surface area contributed by atoms with Crippen molar-refractivity contribution in [3.05, 3.63) is 11.7 Å². The zero-order valence-corrected chi connectivity index (χ0v) is 11.1. The van der Waals surface area contributed by atoms with Gasteiger partial charge in [-0.3, -0.25) is 0 Å². The molecule has 5 nitrogen and oxygen atoms in total. The first-order chi connectivity index (χ1) is 8.65. The van der Waals surface area contributed by atoms with Gasteiger partial charge in [-0.2, -0.15) is 4.98 Å². The van der Waals surface area contributed by atoms with Crippen LogP contribution in [-0.4, -0.2) is 29.3 Å². The molecule has 3 rings (SSSR count). The third-order valence-electron chi connectivity index (χ3n) is 4.04. The smallest absolute Gasteiger partial charge is 0.252 e. The normalized spacial score (nSPS) is 27.3. The molecule has 18 heavy (non-hydrogen) atoms. The van der Waals surface area contributed by atoms with Crippen molar-refractivity contribution in [3.8, 4) is 0 Å². The van der Waals surface area contributed by atoms with Crippen LogP contribution >= 0.6 is 0 Å². The molecule has 100 valence electrons. The molecule has 0 amide bonds. The number of hydrogen-bond acceptors (Lipinski definition) is 5. The Labute approximate surface area is 107 Å². The van der Waals surface area contributed by atoms with E-state index in [2.05, 4.69) is 29.3 Å². The minimum atomic E-state index is 0.332. The van der Waals surface area contributed by atoms with Gasteiger partial charge in [-0.25, -0.2) is 0 Å². The molecule has 0 radical (unpaired) electrons. The van der Waals surface area contributed by atoms with E-state index in [-0.39, 0.29) is 0 Å². The van der Waals surface area contributed by atoms with E-state index in [0.29, 0.717) is 29.9 Å². The van der Waals surface area contributed by atoms with Crippen molar-refractivity contribution in [2.75, 3.05) is 13.1 Å². The predicted octanol–water partition coefficient (Wildman–Crippen LogP) is 1.85. The van der Waals surface area contributed by atoms with E-state index < -0.39 is 0 Å². The van der Waals surface area contributed by atoms with E-state index in [4.69, 9.17) is 9.26 Å². The van der Waals surface area contributed by atoms with Gasteiger partial charge in [0.15, 0.2) is 5.82 Å². The molecule has 0 aromatic carbocycles.